The Labute approximate surface area is 216 Å². The topological polar surface area (TPSA) is 282 Å². The van der Waals surface area contributed by atoms with E-state index in [1.54, 1.807) is 21.1 Å². The zero-order valence-electron chi connectivity index (χ0n) is 19.0. The first kappa shape index (κ1) is 35.9. The van der Waals surface area contributed by atoms with Crippen molar-refractivity contribution in [2.75, 3.05) is 46.6 Å². The normalized spacial score (nSPS) is 25.7. The Morgan fingerprint density at radius 2 is 1.74 bits per heavy atom. The molecule has 34 heavy (non-hydrogen) atoms. The average Bonchev–Trinajstić information content (AvgIpc) is 2.86. The number of phosphoric acid groups is 2. The fraction of sp³-hybridized carbons (Fsp3) is 0.714. The molecule has 17 nitrogen and oxygen atoms in total. The Bertz CT molecular complexity index is 930. The zero-order chi connectivity index (χ0) is 23.6. The molecular formula is C14H29N4NaO13P2. The number of hydrogen-bond acceptors (Lipinski definition) is 13. The molecule has 6 unspecified atom stereocenters. The second-order valence-electron chi connectivity index (χ2n) is 7.71. The van der Waals surface area contributed by atoms with E-state index in [1.807, 2.05) is 0 Å². The smallest absolute Gasteiger partial charge is 0.756 e. The van der Waals surface area contributed by atoms with Crippen LogP contribution in [0.1, 0.15) is 6.23 Å². The molecule has 0 spiro atoms. The average molecular weight is 546 g/mol. The minimum atomic E-state index is -5.43. The molecule has 0 saturated carbocycles. The monoisotopic (exact) mass is 546 g/mol. The Balaban J connectivity index is 0. The van der Waals surface area contributed by atoms with Crippen LogP contribution in [0.25, 0.3) is 0 Å². The van der Waals surface area contributed by atoms with Crippen LogP contribution in [0.4, 0.5) is 5.82 Å². The van der Waals surface area contributed by atoms with E-state index in [9.17, 15) is 33.9 Å². The molecule has 1 aliphatic rings. The van der Waals surface area contributed by atoms with Crippen LogP contribution in [0, 0.1) is 0 Å². The molecule has 1 aliphatic heterocycles. The van der Waals surface area contributed by atoms with E-state index >= 15 is 0 Å². The number of quaternary nitrogens is 1. The summed E-state index contributed by atoms with van der Waals surface area (Å²) in [6, 6.07) is 1.25. The summed E-state index contributed by atoms with van der Waals surface area (Å²) in [6.07, 6.45) is -5.01. The van der Waals surface area contributed by atoms with Gasteiger partial charge in [-0.15, -0.1) is 0 Å². The molecule has 2 rings (SSSR count). The molecule has 0 bridgehead atoms. The van der Waals surface area contributed by atoms with Crippen LogP contribution < -0.4 is 50.8 Å². The van der Waals surface area contributed by atoms with E-state index < -0.39 is 52.5 Å². The minimum Gasteiger partial charge on any atom is -0.756 e. The second-order valence-corrected chi connectivity index (χ2v) is 10.7. The van der Waals surface area contributed by atoms with Gasteiger partial charge in [0.2, 0.25) is 0 Å². The summed E-state index contributed by atoms with van der Waals surface area (Å²) in [4.78, 5) is 38.9. The van der Waals surface area contributed by atoms with Gasteiger partial charge in [0.15, 0.2) is 6.23 Å². The van der Waals surface area contributed by atoms with Gasteiger partial charge in [0.25, 0.3) is 15.6 Å². The molecule has 1 fully saturated rings. The number of aliphatic hydroxyl groups is 2. The summed E-state index contributed by atoms with van der Waals surface area (Å²) in [6.45, 7) is -0.987. The number of ether oxygens (including phenoxy) is 1. The van der Waals surface area contributed by atoms with Gasteiger partial charge in [0.1, 0.15) is 37.3 Å². The summed E-state index contributed by atoms with van der Waals surface area (Å²) < 4.78 is 42.9. The van der Waals surface area contributed by atoms with E-state index in [-0.39, 0.29) is 59.5 Å². The molecule has 6 atom stereocenters. The van der Waals surface area contributed by atoms with Gasteiger partial charge in [-0.05, 0) is 6.07 Å². The van der Waals surface area contributed by atoms with Crippen molar-refractivity contribution in [3.8, 4) is 0 Å². The SMILES string of the molecule is C[N+](C)(C)CCOP(=O)([O-])OP(=O)([O-])OCC1OC(n2ccc(N)nc2=O)C(O)C1O.O.O.[Na+]. The molecule has 0 radical (unpaired) electrons. The molecular weight excluding hydrogens is 517 g/mol. The van der Waals surface area contributed by atoms with E-state index in [1.165, 1.54) is 6.07 Å². The zero-order valence-corrected chi connectivity index (χ0v) is 22.8. The van der Waals surface area contributed by atoms with Crippen LogP contribution in [0.15, 0.2) is 17.1 Å². The molecule has 2 heterocycles. The maximum absolute atomic E-state index is 11.9. The maximum atomic E-state index is 11.9. The third kappa shape index (κ3) is 10.8. The van der Waals surface area contributed by atoms with E-state index in [4.69, 9.17) is 10.5 Å². The molecule has 0 aromatic carbocycles. The number of likely N-dealkylation sites (N-methyl/N-ethyl adjacent to an activating group) is 1. The summed E-state index contributed by atoms with van der Waals surface area (Å²) >= 11 is 0. The number of hydrogen-bond donors (Lipinski definition) is 3. The van der Waals surface area contributed by atoms with Crippen LogP contribution in [0.5, 0.6) is 0 Å². The van der Waals surface area contributed by atoms with E-state index in [0.29, 0.717) is 4.48 Å². The summed E-state index contributed by atoms with van der Waals surface area (Å²) in [7, 11) is -5.36. The van der Waals surface area contributed by atoms with E-state index in [0.717, 1.165) is 10.8 Å². The predicted octanol–water partition coefficient (Wildman–Crippen LogP) is -7.51. The molecule has 194 valence electrons. The number of phosphoric ester groups is 2. The standard InChI is InChI=1S/C14H26N4O11P2.Na.2H2O/c1-18(2,3)6-7-26-30(22,23)29-31(24,25)27-8-9-11(19)12(20)13(28-9)17-5-4-10(15)16-14(17)21;;;/h4-5,9,11-13,19-20H,6-8H2,1-3H3,(H3-,15,16,21,22,23,24,25);;2*1H2/q;+1;;/p-1. The van der Waals surface area contributed by atoms with Crippen molar-refractivity contribution >= 4 is 21.5 Å². The molecule has 8 N–H and O–H groups in total. The Morgan fingerprint density at radius 1 is 1.18 bits per heavy atom. The van der Waals surface area contributed by atoms with Gasteiger partial charge in [0, 0.05) is 6.20 Å². The van der Waals surface area contributed by atoms with Crippen molar-refractivity contribution in [1.82, 2.24) is 9.55 Å². The van der Waals surface area contributed by atoms with Crippen LogP contribution >= 0.6 is 15.6 Å². The molecule has 1 aromatic rings. The summed E-state index contributed by atoms with van der Waals surface area (Å²) in [5.74, 6) is -0.0793. The van der Waals surface area contributed by atoms with Gasteiger partial charge in [-0.3, -0.25) is 13.7 Å². The molecule has 1 saturated heterocycles. The van der Waals surface area contributed by atoms with Gasteiger partial charge in [-0.1, -0.05) is 0 Å². The number of nitrogens with two attached hydrogens (primary N) is 1. The Kier molecular flexibility index (Phi) is 14.6. The summed E-state index contributed by atoms with van der Waals surface area (Å²) in [5, 5.41) is 20.2. The predicted molar refractivity (Wildman–Crippen MR) is 107 cm³/mol. The first-order valence-corrected chi connectivity index (χ1v) is 11.8. The fourth-order valence-electron chi connectivity index (χ4n) is 2.48. The van der Waals surface area contributed by atoms with Gasteiger partial charge in [-0.25, -0.2) is 9.11 Å². The molecule has 0 aliphatic carbocycles. The fourth-order valence-corrected chi connectivity index (χ4v) is 4.47. The second kappa shape index (κ2) is 13.9. The first-order valence-electron chi connectivity index (χ1n) is 8.89. The third-order valence-corrected chi connectivity index (χ3v) is 6.64. The van der Waals surface area contributed by atoms with Crippen molar-refractivity contribution in [3.63, 3.8) is 0 Å². The van der Waals surface area contributed by atoms with Gasteiger partial charge >= 0.3 is 35.2 Å². The van der Waals surface area contributed by atoms with Gasteiger partial charge < -0.3 is 55.0 Å². The number of nitrogens with zero attached hydrogens (tertiary/aromatic N) is 3. The van der Waals surface area contributed by atoms with Crippen LogP contribution in [0.2, 0.25) is 0 Å². The Morgan fingerprint density at radius 3 is 2.26 bits per heavy atom. The first-order chi connectivity index (χ1) is 14.1. The molecule has 20 heteroatoms. The van der Waals surface area contributed by atoms with E-state index in [2.05, 4.69) is 18.3 Å². The number of aromatic nitrogens is 2. The Hall–Kier alpha value is -0.300. The van der Waals surface area contributed by atoms with Crippen LogP contribution in [0.3, 0.4) is 0 Å². The van der Waals surface area contributed by atoms with Crippen molar-refractivity contribution in [2.45, 2.75) is 24.5 Å². The van der Waals surface area contributed by atoms with Gasteiger partial charge in [0.05, 0.1) is 27.7 Å². The maximum Gasteiger partial charge on any atom is 1.00 e. The number of anilines is 1. The molecule has 0 amide bonds. The van der Waals surface area contributed by atoms with Crippen molar-refractivity contribution < 1.29 is 92.2 Å². The number of aliphatic hydroxyl groups excluding tert-OH is 2. The van der Waals surface area contributed by atoms with Crippen LogP contribution in [-0.4, -0.2) is 94.4 Å². The quantitative estimate of drug-likeness (QED) is 0.140. The van der Waals surface area contributed by atoms with Crippen molar-refractivity contribution in [3.05, 3.63) is 22.7 Å². The van der Waals surface area contributed by atoms with Crippen molar-refractivity contribution in [1.29, 1.82) is 0 Å². The number of nitrogen functional groups attached to an aromatic ring is 1. The largest absolute Gasteiger partial charge is 1.00 e. The van der Waals surface area contributed by atoms with Crippen molar-refractivity contribution in [2.24, 2.45) is 0 Å². The van der Waals surface area contributed by atoms with Crippen LogP contribution in [-0.2, 0) is 27.2 Å². The minimum absolute atomic E-state index is 0. The molecule has 1 aromatic heterocycles. The third-order valence-electron chi connectivity index (χ3n) is 4.07. The van der Waals surface area contributed by atoms with Gasteiger partial charge in [-0.2, -0.15) is 4.98 Å². The number of rotatable bonds is 10. The summed E-state index contributed by atoms with van der Waals surface area (Å²) in [5.41, 5.74) is 4.50.